The SMILES string of the molecule is CCC1CNC(Cc2ccccc2)CN1CCCC1CC1. The molecular formula is C19H30N2. The Balaban J connectivity index is 1.50. The molecule has 116 valence electrons. The van der Waals surface area contributed by atoms with Crippen LogP contribution in [0.5, 0.6) is 0 Å². The summed E-state index contributed by atoms with van der Waals surface area (Å²) in [6.45, 7) is 6.02. The smallest absolute Gasteiger partial charge is 0.0236 e. The molecular weight excluding hydrogens is 256 g/mol. The van der Waals surface area contributed by atoms with Crippen LogP contribution in [-0.2, 0) is 6.42 Å². The second-order valence-electron chi connectivity index (χ2n) is 6.94. The van der Waals surface area contributed by atoms with Gasteiger partial charge in [-0.15, -0.1) is 0 Å². The van der Waals surface area contributed by atoms with Gasteiger partial charge < -0.3 is 5.32 Å². The van der Waals surface area contributed by atoms with Crippen LogP contribution in [-0.4, -0.2) is 36.6 Å². The van der Waals surface area contributed by atoms with Crippen LogP contribution < -0.4 is 5.32 Å². The Hall–Kier alpha value is -0.860. The number of hydrogen-bond acceptors (Lipinski definition) is 2. The largest absolute Gasteiger partial charge is 0.311 e. The second-order valence-corrected chi connectivity index (χ2v) is 6.94. The predicted molar refractivity (Wildman–Crippen MR) is 89.5 cm³/mol. The molecule has 1 saturated heterocycles. The molecule has 1 saturated carbocycles. The van der Waals surface area contributed by atoms with Crippen molar-refractivity contribution in [3.63, 3.8) is 0 Å². The molecule has 2 unspecified atom stereocenters. The van der Waals surface area contributed by atoms with E-state index in [1.165, 1.54) is 50.8 Å². The lowest BCUT2D eigenvalue weighted by Gasteiger charge is -2.40. The van der Waals surface area contributed by atoms with E-state index < -0.39 is 0 Å². The summed E-state index contributed by atoms with van der Waals surface area (Å²) >= 11 is 0. The van der Waals surface area contributed by atoms with E-state index in [9.17, 15) is 0 Å². The first-order chi connectivity index (χ1) is 10.3. The third-order valence-electron chi connectivity index (χ3n) is 5.16. The van der Waals surface area contributed by atoms with E-state index in [2.05, 4.69) is 47.5 Å². The number of rotatable bonds is 7. The monoisotopic (exact) mass is 286 g/mol. The van der Waals surface area contributed by atoms with Gasteiger partial charge in [-0.05, 0) is 43.7 Å². The van der Waals surface area contributed by atoms with Gasteiger partial charge in [-0.3, -0.25) is 4.90 Å². The molecule has 3 rings (SSSR count). The molecule has 2 atom stereocenters. The highest BCUT2D eigenvalue weighted by Crippen LogP contribution is 2.33. The van der Waals surface area contributed by atoms with E-state index in [1.807, 2.05) is 0 Å². The maximum Gasteiger partial charge on any atom is 0.0236 e. The molecule has 1 aromatic carbocycles. The zero-order chi connectivity index (χ0) is 14.5. The molecule has 0 radical (unpaired) electrons. The lowest BCUT2D eigenvalue weighted by molar-refractivity contribution is 0.123. The second kappa shape index (κ2) is 7.42. The Morgan fingerprint density at radius 2 is 2.00 bits per heavy atom. The third-order valence-corrected chi connectivity index (χ3v) is 5.16. The van der Waals surface area contributed by atoms with Gasteiger partial charge in [0, 0.05) is 25.2 Å². The number of piperazine rings is 1. The van der Waals surface area contributed by atoms with Gasteiger partial charge in [-0.25, -0.2) is 0 Å². The lowest BCUT2D eigenvalue weighted by Crippen LogP contribution is -2.57. The Morgan fingerprint density at radius 3 is 2.71 bits per heavy atom. The fourth-order valence-electron chi connectivity index (χ4n) is 3.63. The third kappa shape index (κ3) is 4.55. The van der Waals surface area contributed by atoms with Crippen molar-refractivity contribution in [2.24, 2.45) is 5.92 Å². The molecule has 2 fully saturated rings. The highest BCUT2D eigenvalue weighted by Gasteiger charge is 2.27. The summed E-state index contributed by atoms with van der Waals surface area (Å²) in [5.41, 5.74) is 1.46. The van der Waals surface area contributed by atoms with Crippen LogP contribution >= 0.6 is 0 Å². The molecule has 1 N–H and O–H groups in total. The molecule has 21 heavy (non-hydrogen) atoms. The van der Waals surface area contributed by atoms with E-state index in [0.717, 1.165) is 24.9 Å². The van der Waals surface area contributed by atoms with Crippen LogP contribution in [0.2, 0.25) is 0 Å². The van der Waals surface area contributed by atoms with Gasteiger partial charge >= 0.3 is 0 Å². The fourth-order valence-corrected chi connectivity index (χ4v) is 3.63. The van der Waals surface area contributed by atoms with E-state index >= 15 is 0 Å². The molecule has 1 heterocycles. The molecule has 2 aliphatic rings. The maximum atomic E-state index is 3.77. The summed E-state index contributed by atoms with van der Waals surface area (Å²) in [6.07, 6.45) is 8.29. The molecule has 1 aliphatic heterocycles. The lowest BCUT2D eigenvalue weighted by atomic mass is 10.00. The van der Waals surface area contributed by atoms with Gasteiger partial charge in [0.2, 0.25) is 0 Å². The molecule has 1 aromatic rings. The molecule has 0 amide bonds. The van der Waals surface area contributed by atoms with Crippen LogP contribution in [0.1, 0.15) is 44.6 Å². The van der Waals surface area contributed by atoms with E-state index in [1.54, 1.807) is 0 Å². The fraction of sp³-hybridized carbons (Fsp3) is 0.684. The Labute approximate surface area is 129 Å². The highest BCUT2D eigenvalue weighted by molar-refractivity contribution is 5.16. The van der Waals surface area contributed by atoms with Crippen molar-refractivity contribution in [2.45, 2.75) is 57.5 Å². The standard InChI is InChI=1S/C19H30N2/c1-2-19-14-20-18(13-17-7-4-3-5-8-17)15-21(19)12-6-9-16-10-11-16/h3-5,7-8,16,18-20H,2,6,9-15H2,1H3. The maximum absolute atomic E-state index is 3.77. The van der Waals surface area contributed by atoms with Crippen molar-refractivity contribution in [2.75, 3.05) is 19.6 Å². The highest BCUT2D eigenvalue weighted by atomic mass is 15.2. The first kappa shape index (κ1) is 15.1. The van der Waals surface area contributed by atoms with Crippen molar-refractivity contribution >= 4 is 0 Å². The quantitative estimate of drug-likeness (QED) is 0.825. The average molecular weight is 286 g/mol. The summed E-state index contributed by atoms with van der Waals surface area (Å²) in [4.78, 5) is 2.76. The Bertz CT molecular complexity index is 413. The predicted octanol–water partition coefficient (Wildman–Crippen LogP) is 3.47. The topological polar surface area (TPSA) is 15.3 Å². The number of nitrogens with one attached hydrogen (secondary N) is 1. The minimum atomic E-state index is 0.621. The van der Waals surface area contributed by atoms with E-state index in [-0.39, 0.29) is 0 Å². The van der Waals surface area contributed by atoms with Crippen LogP contribution in [0.3, 0.4) is 0 Å². The van der Waals surface area contributed by atoms with E-state index in [0.29, 0.717) is 6.04 Å². The average Bonchev–Trinajstić information content (AvgIpc) is 3.33. The molecule has 0 spiro atoms. The Morgan fingerprint density at radius 1 is 1.19 bits per heavy atom. The van der Waals surface area contributed by atoms with Gasteiger partial charge in [0.1, 0.15) is 0 Å². The van der Waals surface area contributed by atoms with Crippen molar-refractivity contribution in [3.05, 3.63) is 35.9 Å². The summed E-state index contributed by atoms with van der Waals surface area (Å²) in [6, 6.07) is 12.3. The minimum Gasteiger partial charge on any atom is -0.311 e. The van der Waals surface area contributed by atoms with Gasteiger partial charge in [0.15, 0.2) is 0 Å². The van der Waals surface area contributed by atoms with Crippen molar-refractivity contribution in [1.29, 1.82) is 0 Å². The van der Waals surface area contributed by atoms with Gasteiger partial charge in [-0.2, -0.15) is 0 Å². The van der Waals surface area contributed by atoms with Crippen LogP contribution in [0.4, 0.5) is 0 Å². The van der Waals surface area contributed by atoms with Crippen molar-refractivity contribution in [3.8, 4) is 0 Å². The zero-order valence-corrected chi connectivity index (χ0v) is 13.4. The van der Waals surface area contributed by atoms with Gasteiger partial charge in [0.25, 0.3) is 0 Å². The van der Waals surface area contributed by atoms with Crippen LogP contribution in [0.15, 0.2) is 30.3 Å². The molecule has 2 heteroatoms. The summed E-state index contributed by atoms with van der Waals surface area (Å²) in [5, 5.41) is 3.77. The van der Waals surface area contributed by atoms with E-state index in [4.69, 9.17) is 0 Å². The minimum absolute atomic E-state index is 0.621. The van der Waals surface area contributed by atoms with Crippen molar-refractivity contribution in [1.82, 2.24) is 10.2 Å². The van der Waals surface area contributed by atoms with Gasteiger partial charge in [-0.1, -0.05) is 50.1 Å². The molecule has 1 aliphatic carbocycles. The number of benzene rings is 1. The molecule has 0 aromatic heterocycles. The number of nitrogens with zero attached hydrogens (tertiary/aromatic N) is 1. The van der Waals surface area contributed by atoms with Crippen molar-refractivity contribution < 1.29 is 0 Å². The summed E-state index contributed by atoms with van der Waals surface area (Å²) in [7, 11) is 0. The van der Waals surface area contributed by atoms with Crippen LogP contribution in [0.25, 0.3) is 0 Å². The first-order valence-corrected chi connectivity index (χ1v) is 8.86. The number of hydrogen-bond donors (Lipinski definition) is 1. The first-order valence-electron chi connectivity index (χ1n) is 8.86. The van der Waals surface area contributed by atoms with Gasteiger partial charge in [0.05, 0.1) is 0 Å². The Kier molecular flexibility index (Phi) is 5.32. The molecule has 2 nitrogen and oxygen atoms in total. The summed E-state index contributed by atoms with van der Waals surface area (Å²) in [5.74, 6) is 1.08. The van der Waals surface area contributed by atoms with Crippen LogP contribution in [0, 0.1) is 5.92 Å². The summed E-state index contributed by atoms with van der Waals surface area (Å²) < 4.78 is 0. The zero-order valence-electron chi connectivity index (χ0n) is 13.4. The molecule has 0 bridgehead atoms. The normalized spacial score (nSPS) is 26.9.